The molecule has 0 aliphatic rings. The first-order chi connectivity index (χ1) is 16.8. The summed E-state index contributed by atoms with van der Waals surface area (Å²) in [6.45, 7) is 8.55. The van der Waals surface area contributed by atoms with E-state index in [9.17, 15) is 13.2 Å². The van der Waals surface area contributed by atoms with Gasteiger partial charge >= 0.3 is 0 Å². The van der Waals surface area contributed by atoms with E-state index in [0.29, 0.717) is 34.4 Å². The molecule has 10 heteroatoms. The Bertz CT molecular complexity index is 1310. The van der Waals surface area contributed by atoms with Gasteiger partial charge in [0.05, 0.1) is 18.5 Å². The lowest BCUT2D eigenvalue weighted by atomic mass is 9.87. The van der Waals surface area contributed by atoms with Crippen LogP contribution in [0.1, 0.15) is 50.6 Å². The zero-order chi connectivity index (χ0) is 26.7. The molecule has 0 saturated carbocycles. The van der Waals surface area contributed by atoms with Crippen molar-refractivity contribution in [2.75, 3.05) is 24.2 Å². The minimum absolute atomic E-state index is 0.0509. The number of rotatable bonds is 9. The average Bonchev–Trinajstić information content (AvgIpc) is 3.26. The number of hydrogen-bond acceptors (Lipinski definition) is 6. The van der Waals surface area contributed by atoms with E-state index in [0.717, 1.165) is 11.8 Å². The van der Waals surface area contributed by atoms with Gasteiger partial charge in [-0.15, -0.1) is 0 Å². The first kappa shape index (κ1) is 27.7. The van der Waals surface area contributed by atoms with Crippen molar-refractivity contribution in [2.24, 2.45) is 0 Å². The molecule has 3 aromatic rings. The maximum atomic E-state index is 12.7. The fourth-order valence-corrected chi connectivity index (χ4v) is 4.93. The van der Waals surface area contributed by atoms with E-state index in [1.54, 1.807) is 32.2 Å². The van der Waals surface area contributed by atoms with Gasteiger partial charge < -0.3 is 9.42 Å². The lowest BCUT2D eigenvalue weighted by Crippen LogP contribution is -2.33. The Morgan fingerprint density at radius 3 is 2.39 bits per heavy atom. The van der Waals surface area contributed by atoms with Crippen molar-refractivity contribution in [2.45, 2.75) is 52.5 Å². The van der Waals surface area contributed by atoms with Crippen molar-refractivity contribution in [1.82, 2.24) is 15.0 Å². The molecule has 8 nitrogen and oxygen atoms in total. The summed E-state index contributed by atoms with van der Waals surface area (Å²) in [4.78, 5) is 18.6. The topological polar surface area (TPSA) is 96.6 Å². The Labute approximate surface area is 218 Å². The van der Waals surface area contributed by atoms with Crippen molar-refractivity contribution in [1.29, 1.82) is 0 Å². The van der Waals surface area contributed by atoms with Gasteiger partial charge in [-0.2, -0.15) is 4.98 Å². The number of aromatic nitrogens is 2. The fraction of sp³-hybridized carbons (Fsp3) is 0.423. The minimum Gasteiger partial charge on any atom is -0.337 e. The third-order valence-corrected chi connectivity index (χ3v) is 7.52. The van der Waals surface area contributed by atoms with Crippen LogP contribution in [0.25, 0.3) is 11.4 Å². The van der Waals surface area contributed by atoms with Crippen molar-refractivity contribution < 1.29 is 17.7 Å². The number of hydrogen-bond donors (Lipinski definition) is 0. The van der Waals surface area contributed by atoms with Crippen molar-refractivity contribution >= 4 is 33.2 Å². The average molecular weight is 533 g/mol. The van der Waals surface area contributed by atoms with Gasteiger partial charge in [-0.25, -0.2) is 8.42 Å². The van der Waals surface area contributed by atoms with Gasteiger partial charge in [-0.3, -0.25) is 9.10 Å². The molecule has 36 heavy (non-hydrogen) atoms. The molecule has 0 aliphatic heterocycles. The van der Waals surface area contributed by atoms with Gasteiger partial charge in [0.2, 0.25) is 27.6 Å². The van der Waals surface area contributed by atoms with Crippen LogP contribution in [0.3, 0.4) is 0 Å². The van der Waals surface area contributed by atoms with Crippen LogP contribution in [0.5, 0.6) is 0 Å². The largest absolute Gasteiger partial charge is 0.337 e. The maximum Gasteiger partial charge on any atom is 0.246 e. The van der Waals surface area contributed by atoms with E-state index in [2.05, 4.69) is 30.9 Å². The van der Waals surface area contributed by atoms with E-state index in [-0.39, 0.29) is 30.8 Å². The highest BCUT2D eigenvalue weighted by Gasteiger charge is 2.21. The highest BCUT2D eigenvalue weighted by atomic mass is 35.5. The Morgan fingerprint density at radius 1 is 1.11 bits per heavy atom. The summed E-state index contributed by atoms with van der Waals surface area (Å²) in [6, 6.07) is 13.1. The second-order valence-corrected chi connectivity index (χ2v) is 12.2. The molecule has 3 rings (SSSR count). The van der Waals surface area contributed by atoms with Crippen LogP contribution in [-0.2, 0) is 26.8 Å². The molecule has 2 aromatic carbocycles. The molecule has 1 heterocycles. The number of halogens is 1. The summed E-state index contributed by atoms with van der Waals surface area (Å²) < 4.78 is 31.4. The number of nitrogens with zero attached hydrogens (tertiary/aromatic N) is 4. The number of carbonyl (C=O) groups excluding carboxylic acids is 1. The van der Waals surface area contributed by atoms with Gasteiger partial charge in [0.15, 0.2) is 0 Å². The molecule has 0 bridgehead atoms. The SMILES string of the molecule is Cc1c(Cl)cccc1N(CCCC(=O)N(C)Cc1nc(-c2ccc(C(C)(C)C)cc2)no1)S(C)(=O)=O. The molecule has 0 fully saturated rings. The molecule has 0 aliphatic carbocycles. The maximum absolute atomic E-state index is 12.7. The zero-order valence-corrected chi connectivity index (χ0v) is 23.2. The zero-order valence-electron chi connectivity index (χ0n) is 21.6. The Morgan fingerprint density at radius 2 is 1.78 bits per heavy atom. The molecular formula is C26H33ClN4O4S. The second kappa shape index (κ2) is 11.0. The van der Waals surface area contributed by atoms with Crippen LogP contribution in [0.2, 0.25) is 5.02 Å². The van der Waals surface area contributed by atoms with Crippen LogP contribution in [-0.4, -0.2) is 49.2 Å². The lowest BCUT2D eigenvalue weighted by Gasteiger charge is -2.25. The third-order valence-electron chi connectivity index (χ3n) is 5.94. The molecule has 1 aromatic heterocycles. The first-order valence-electron chi connectivity index (χ1n) is 11.7. The van der Waals surface area contributed by atoms with Crippen LogP contribution in [0, 0.1) is 6.92 Å². The van der Waals surface area contributed by atoms with Crippen LogP contribution in [0.15, 0.2) is 47.0 Å². The number of sulfonamides is 1. The summed E-state index contributed by atoms with van der Waals surface area (Å²) in [5.74, 6) is 0.639. The summed E-state index contributed by atoms with van der Waals surface area (Å²) in [7, 11) is -1.89. The summed E-state index contributed by atoms with van der Waals surface area (Å²) in [6.07, 6.45) is 1.65. The molecule has 0 spiro atoms. The predicted octanol–water partition coefficient (Wildman–Crippen LogP) is 5.20. The first-order valence-corrected chi connectivity index (χ1v) is 13.9. The summed E-state index contributed by atoms with van der Waals surface area (Å²) in [5, 5.41) is 4.53. The predicted molar refractivity (Wildman–Crippen MR) is 143 cm³/mol. The Hall–Kier alpha value is -2.91. The third kappa shape index (κ3) is 6.85. The molecule has 0 unspecified atom stereocenters. The van der Waals surface area contributed by atoms with Gasteiger partial charge in [0, 0.05) is 30.6 Å². The molecule has 194 valence electrons. The monoisotopic (exact) mass is 532 g/mol. The van der Waals surface area contributed by atoms with Gasteiger partial charge in [0.1, 0.15) is 0 Å². The second-order valence-electron chi connectivity index (χ2n) is 9.91. The minimum atomic E-state index is -3.54. The number of benzene rings is 2. The summed E-state index contributed by atoms with van der Waals surface area (Å²) in [5.41, 5.74) is 3.28. The standard InChI is InChI=1S/C26H33ClN4O4S/c1-18-21(27)9-7-10-22(18)31(36(6,33)34)16-8-11-24(32)30(5)17-23-28-25(29-35-23)19-12-14-20(15-13-19)26(2,3)4/h7,9-10,12-15H,8,11,16-17H2,1-6H3. The van der Waals surface area contributed by atoms with Crippen LogP contribution in [0.4, 0.5) is 5.69 Å². The highest BCUT2D eigenvalue weighted by Crippen LogP contribution is 2.29. The molecule has 0 radical (unpaired) electrons. The van der Waals surface area contributed by atoms with E-state index < -0.39 is 10.0 Å². The van der Waals surface area contributed by atoms with Crippen molar-refractivity contribution in [3.8, 4) is 11.4 Å². The highest BCUT2D eigenvalue weighted by molar-refractivity contribution is 7.92. The molecule has 0 atom stereocenters. The smallest absolute Gasteiger partial charge is 0.246 e. The van der Waals surface area contributed by atoms with Gasteiger partial charge in [0.25, 0.3) is 0 Å². The quantitative estimate of drug-likeness (QED) is 0.375. The van der Waals surface area contributed by atoms with Gasteiger partial charge in [-0.1, -0.05) is 67.9 Å². The molecular weight excluding hydrogens is 500 g/mol. The lowest BCUT2D eigenvalue weighted by molar-refractivity contribution is -0.130. The van der Waals surface area contributed by atoms with E-state index in [4.69, 9.17) is 16.1 Å². The van der Waals surface area contributed by atoms with E-state index >= 15 is 0 Å². The summed E-state index contributed by atoms with van der Waals surface area (Å²) >= 11 is 6.17. The van der Waals surface area contributed by atoms with E-state index in [1.165, 1.54) is 14.8 Å². The van der Waals surface area contributed by atoms with Gasteiger partial charge in [-0.05, 0) is 42.0 Å². The Balaban J connectivity index is 1.59. The van der Waals surface area contributed by atoms with Crippen LogP contribution < -0.4 is 4.31 Å². The molecule has 0 saturated heterocycles. The number of anilines is 1. The van der Waals surface area contributed by atoms with Crippen LogP contribution >= 0.6 is 11.6 Å². The van der Waals surface area contributed by atoms with Crippen molar-refractivity contribution in [3.63, 3.8) is 0 Å². The normalized spacial score (nSPS) is 12.0. The number of carbonyl (C=O) groups is 1. The fourth-order valence-electron chi connectivity index (χ4n) is 3.74. The van der Waals surface area contributed by atoms with E-state index in [1.807, 2.05) is 24.3 Å². The molecule has 1 amide bonds. The Kier molecular flexibility index (Phi) is 8.46. The number of amides is 1. The van der Waals surface area contributed by atoms with Crippen molar-refractivity contribution in [3.05, 3.63) is 64.5 Å². The molecule has 0 N–H and O–H groups in total.